The second kappa shape index (κ2) is 8.60. The van der Waals surface area contributed by atoms with Crippen LogP contribution in [0, 0.1) is 24.3 Å². The molecule has 7 heteroatoms. The van der Waals surface area contributed by atoms with E-state index in [4.69, 9.17) is 5.11 Å². The maximum atomic E-state index is 12.2. The number of aromatic carboxylic acids is 1. The molecule has 0 radical (unpaired) electrons. The van der Waals surface area contributed by atoms with Gasteiger partial charge in [0.25, 0.3) is 5.91 Å². The maximum Gasteiger partial charge on any atom is 0.335 e. The van der Waals surface area contributed by atoms with Gasteiger partial charge in [-0.15, -0.1) is 0 Å². The molecule has 0 fully saturated rings. The standard InChI is InChI=1S/C22H20IN3O3/c1-13-9-17(22(28)29)7-8-20(13)26-14(2)10-18(15(26)3)12-24-25-21(27)16-5-4-6-19(23)11-16/h4-12H,1-3H3,(H,25,27)(H,28,29)/b24-12-. The molecule has 0 aliphatic rings. The van der Waals surface area contributed by atoms with Crippen LogP contribution >= 0.6 is 22.6 Å². The molecule has 1 amide bonds. The second-order valence-electron chi connectivity index (χ2n) is 6.68. The third kappa shape index (κ3) is 4.56. The summed E-state index contributed by atoms with van der Waals surface area (Å²) < 4.78 is 3.02. The average Bonchev–Trinajstić information content (AvgIpc) is 2.95. The molecule has 0 saturated heterocycles. The van der Waals surface area contributed by atoms with Crippen LogP contribution in [0.5, 0.6) is 0 Å². The van der Waals surface area contributed by atoms with E-state index in [9.17, 15) is 9.59 Å². The highest BCUT2D eigenvalue weighted by Crippen LogP contribution is 2.23. The molecule has 2 N–H and O–H groups in total. The average molecular weight is 501 g/mol. The lowest BCUT2D eigenvalue weighted by Gasteiger charge is -2.13. The number of aromatic nitrogens is 1. The molecule has 3 rings (SSSR count). The second-order valence-corrected chi connectivity index (χ2v) is 7.92. The smallest absolute Gasteiger partial charge is 0.335 e. The van der Waals surface area contributed by atoms with Gasteiger partial charge in [0.15, 0.2) is 0 Å². The number of aryl methyl sites for hydroxylation is 2. The fourth-order valence-corrected chi connectivity index (χ4v) is 3.73. The Morgan fingerprint density at radius 2 is 1.83 bits per heavy atom. The molecular formula is C22H20IN3O3. The summed E-state index contributed by atoms with van der Waals surface area (Å²) in [6, 6.07) is 14.3. The van der Waals surface area contributed by atoms with E-state index in [1.165, 1.54) is 0 Å². The molecule has 0 saturated carbocycles. The minimum atomic E-state index is -0.947. The molecule has 0 bridgehead atoms. The Labute approximate surface area is 182 Å². The van der Waals surface area contributed by atoms with Crippen molar-refractivity contribution < 1.29 is 14.7 Å². The van der Waals surface area contributed by atoms with Crippen molar-refractivity contribution in [3.05, 3.63) is 85.7 Å². The Balaban J connectivity index is 1.83. The minimum Gasteiger partial charge on any atom is -0.478 e. The molecule has 0 unspecified atom stereocenters. The van der Waals surface area contributed by atoms with Gasteiger partial charge < -0.3 is 9.67 Å². The van der Waals surface area contributed by atoms with E-state index < -0.39 is 5.97 Å². The third-order valence-electron chi connectivity index (χ3n) is 4.61. The minimum absolute atomic E-state index is 0.258. The first-order chi connectivity index (χ1) is 13.8. The SMILES string of the molecule is Cc1cc(C(=O)O)ccc1-n1c(C)cc(/C=N\NC(=O)c2cccc(I)c2)c1C. The maximum absolute atomic E-state index is 12.2. The van der Waals surface area contributed by atoms with Gasteiger partial charge in [0.1, 0.15) is 0 Å². The molecular weight excluding hydrogens is 481 g/mol. The molecule has 1 aromatic heterocycles. The van der Waals surface area contributed by atoms with Crippen LogP contribution in [0.2, 0.25) is 0 Å². The number of amides is 1. The first-order valence-electron chi connectivity index (χ1n) is 8.90. The van der Waals surface area contributed by atoms with Gasteiger partial charge in [-0.1, -0.05) is 6.07 Å². The Kier molecular flexibility index (Phi) is 6.17. The number of hydrogen-bond donors (Lipinski definition) is 2. The summed E-state index contributed by atoms with van der Waals surface area (Å²) in [6.07, 6.45) is 1.62. The lowest BCUT2D eigenvalue weighted by Crippen LogP contribution is -2.17. The quantitative estimate of drug-likeness (QED) is 0.308. The van der Waals surface area contributed by atoms with Crippen molar-refractivity contribution >= 4 is 40.7 Å². The lowest BCUT2D eigenvalue weighted by atomic mass is 10.1. The van der Waals surface area contributed by atoms with Crippen molar-refractivity contribution in [2.24, 2.45) is 5.10 Å². The van der Waals surface area contributed by atoms with Gasteiger partial charge in [-0.05, 0) is 91.4 Å². The highest BCUT2D eigenvalue weighted by Gasteiger charge is 2.13. The first-order valence-corrected chi connectivity index (χ1v) is 9.98. The predicted octanol–water partition coefficient (Wildman–Crippen LogP) is 4.47. The number of benzene rings is 2. The molecule has 0 aliphatic carbocycles. The van der Waals surface area contributed by atoms with Crippen molar-refractivity contribution in [2.45, 2.75) is 20.8 Å². The topological polar surface area (TPSA) is 83.7 Å². The van der Waals surface area contributed by atoms with Crippen LogP contribution in [-0.2, 0) is 0 Å². The molecule has 3 aromatic rings. The molecule has 148 valence electrons. The number of nitrogens with zero attached hydrogens (tertiary/aromatic N) is 2. The summed E-state index contributed by atoms with van der Waals surface area (Å²) in [7, 11) is 0. The summed E-state index contributed by atoms with van der Waals surface area (Å²) in [5.41, 5.74) is 7.93. The Bertz CT molecular complexity index is 1130. The fraction of sp³-hybridized carbons (Fsp3) is 0.136. The van der Waals surface area contributed by atoms with Crippen LogP contribution in [0.4, 0.5) is 0 Å². The van der Waals surface area contributed by atoms with Crippen LogP contribution in [0.3, 0.4) is 0 Å². The summed E-state index contributed by atoms with van der Waals surface area (Å²) in [5, 5.41) is 13.3. The van der Waals surface area contributed by atoms with E-state index in [1.807, 2.05) is 43.5 Å². The summed E-state index contributed by atoms with van der Waals surface area (Å²) in [6.45, 7) is 5.82. The van der Waals surface area contributed by atoms with Crippen molar-refractivity contribution in [3.8, 4) is 5.69 Å². The Morgan fingerprint density at radius 3 is 2.48 bits per heavy atom. The van der Waals surface area contributed by atoms with Crippen LogP contribution in [0.1, 0.15) is 43.2 Å². The van der Waals surface area contributed by atoms with Gasteiger partial charge in [0, 0.05) is 31.8 Å². The van der Waals surface area contributed by atoms with Gasteiger partial charge in [0.2, 0.25) is 0 Å². The molecule has 2 aromatic carbocycles. The molecule has 1 heterocycles. The van der Waals surface area contributed by atoms with Crippen LogP contribution < -0.4 is 5.43 Å². The number of hydrazone groups is 1. The molecule has 29 heavy (non-hydrogen) atoms. The van der Waals surface area contributed by atoms with Crippen molar-refractivity contribution in [1.29, 1.82) is 0 Å². The van der Waals surface area contributed by atoms with Gasteiger partial charge in [-0.25, -0.2) is 10.2 Å². The number of hydrogen-bond acceptors (Lipinski definition) is 3. The van der Waals surface area contributed by atoms with E-state index in [1.54, 1.807) is 36.5 Å². The Hall–Kier alpha value is -2.94. The fourth-order valence-electron chi connectivity index (χ4n) is 3.18. The van der Waals surface area contributed by atoms with Crippen LogP contribution in [0.15, 0.2) is 53.6 Å². The number of carboxylic acid groups (broad SMARTS) is 1. The predicted molar refractivity (Wildman–Crippen MR) is 121 cm³/mol. The zero-order valence-corrected chi connectivity index (χ0v) is 18.4. The van der Waals surface area contributed by atoms with Gasteiger partial charge in [-0.2, -0.15) is 5.10 Å². The van der Waals surface area contributed by atoms with Crippen molar-refractivity contribution in [1.82, 2.24) is 9.99 Å². The number of carboxylic acids is 1. The number of carbonyl (C=O) groups excluding carboxylic acids is 1. The monoisotopic (exact) mass is 501 g/mol. The van der Waals surface area contributed by atoms with E-state index in [0.717, 1.165) is 31.8 Å². The van der Waals surface area contributed by atoms with Crippen molar-refractivity contribution in [2.75, 3.05) is 0 Å². The van der Waals surface area contributed by atoms with E-state index in [0.29, 0.717) is 5.56 Å². The number of rotatable bonds is 5. The highest BCUT2D eigenvalue weighted by atomic mass is 127. The number of halogens is 1. The number of nitrogens with one attached hydrogen (secondary N) is 1. The molecule has 0 aliphatic heterocycles. The van der Waals surface area contributed by atoms with Gasteiger partial charge >= 0.3 is 5.97 Å². The van der Waals surface area contributed by atoms with E-state index in [-0.39, 0.29) is 11.5 Å². The lowest BCUT2D eigenvalue weighted by molar-refractivity contribution is 0.0696. The normalized spacial score (nSPS) is 11.0. The van der Waals surface area contributed by atoms with Crippen LogP contribution in [-0.4, -0.2) is 27.8 Å². The third-order valence-corrected chi connectivity index (χ3v) is 5.28. The first kappa shape index (κ1) is 20.8. The zero-order chi connectivity index (χ0) is 21.1. The molecule has 6 nitrogen and oxygen atoms in total. The summed E-state index contributed by atoms with van der Waals surface area (Å²) >= 11 is 2.16. The zero-order valence-electron chi connectivity index (χ0n) is 16.2. The van der Waals surface area contributed by atoms with E-state index in [2.05, 4.69) is 33.1 Å². The largest absolute Gasteiger partial charge is 0.478 e. The highest BCUT2D eigenvalue weighted by molar-refractivity contribution is 14.1. The summed E-state index contributed by atoms with van der Waals surface area (Å²) in [5.74, 6) is -1.22. The molecule has 0 atom stereocenters. The van der Waals surface area contributed by atoms with Crippen molar-refractivity contribution in [3.63, 3.8) is 0 Å². The molecule has 0 spiro atoms. The number of carbonyl (C=O) groups is 2. The van der Waals surface area contributed by atoms with Gasteiger partial charge in [-0.3, -0.25) is 4.79 Å². The van der Waals surface area contributed by atoms with Gasteiger partial charge in [0.05, 0.1) is 11.8 Å². The Morgan fingerprint density at radius 1 is 1.07 bits per heavy atom. The van der Waals surface area contributed by atoms with Crippen LogP contribution in [0.25, 0.3) is 5.69 Å². The summed E-state index contributed by atoms with van der Waals surface area (Å²) in [4.78, 5) is 23.4. The van der Waals surface area contributed by atoms with E-state index >= 15 is 0 Å².